The van der Waals surface area contributed by atoms with Crippen molar-refractivity contribution in [3.63, 3.8) is 0 Å². The van der Waals surface area contributed by atoms with Crippen molar-refractivity contribution in [2.75, 3.05) is 7.05 Å². The molecule has 1 N–H and O–H groups in total. The number of rotatable bonds is 4. The Hall–Kier alpha value is -0.860. The number of nitrogens with zero attached hydrogens (tertiary/aromatic N) is 2. The molecule has 0 unspecified atom stereocenters. The minimum Gasteiger partial charge on any atom is -0.411 e. The van der Waals surface area contributed by atoms with E-state index in [1.807, 2.05) is 13.8 Å². The first-order chi connectivity index (χ1) is 5.20. The first kappa shape index (κ1) is 10.1. The van der Waals surface area contributed by atoms with Crippen molar-refractivity contribution in [1.29, 1.82) is 0 Å². The molecule has 0 aliphatic heterocycles. The molecule has 0 aliphatic carbocycles. The van der Waals surface area contributed by atoms with Crippen LogP contribution in [0.25, 0.3) is 0 Å². The predicted octanol–water partition coefficient (Wildman–Crippen LogP) is 2.10. The summed E-state index contributed by atoms with van der Waals surface area (Å²) in [6.45, 7) is 3.82. The van der Waals surface area contributed by atoms with Gasteiger partial charge in [0.2, 0.25) is 0 Å². The quantitative estimate of drug-likeness (QED) is 0.378. The maximum atomic E-state index is 8.31. The monoisotopic (exact) mass is 156 g/mol. The Balaban J connectivity index is 3.43. The molecule has 0 spiro atoms. The van der Waals surface area contributed by atoms with E-state index in [-0.39, 0.29) is 0 Å². The van der Waals surface area contributed by atoms with Crippen LogP contribution in [0.1, 0.15) is 33.1 Å². The van der Waals surface area contributed by atoms with Crippen LogP contribution in [0, 0.1) is 0 Å². The smallest absolute Gasteiger partial charge is 0.0540 e. The van der Waals surface area contributed by atoms with Crippen molar-refractivity contribution in [3.8, 4) is 0 Å². The van der Waals surface area contributed by atoms with Crippen LogP contribution in [0.2, 0.25) is 0 Å². The molecule has 0 aromatic heterocycles. The van der Waals surface area contributed by atoms with Gasteiger partial charge in [-0.2, -0.15) is 0 Å². The first-order valence-electron chi connectivity index (χ1n) is 3.80. The first-order valence-corrected chi connectivity index (χ1v) is 3.80. The summed E-state index contributed by atoms with van der Waals surface area (Å²) in [5.74, 6) is 0. The molecule has 11 heavy (non-hydrogen) atoms. The molecule has 0 amide bonds. The Kier molecular flexibility index (Phi) is 5.43. The van der Waals surface area contributed by atoms with Gasteiger partial charge >= 0.3 is 0 Å². The number of aliphatic imine (C=N–C) groups is 1. The zero-order valence-electron chi connectivity index (χ0n) is 7.46. The van der Waals surface area contributed by atoms with Gasteiger partial charge in [0.05, 0.1) is 5.71 Å². The van der Waals surface area contributed by atoms with Gasteiger partial charge in [-0.3, -0.25) is 4.99 Å². The van der Waals surface area contributed by atoms with Crippen molar-refractivity contribution in [2.45, 2.75) is 33.1 Å². The summed E-state index contributed by atoms with van der Waals surface area (Å²) in [5, 5.41) is 11.4. The standard InChI is InChI=1S/C8H16N2O/c1-7(9-3)5-4-6-8(2)10-11/h11H,4-6H2,1-3H3/b9-7?,10-8+. The van der Waals surface area contributed by atoms with Gasteiger partial charge in [0.1, 0.15) is 0 Å². The largest absolute Gasteiger partial charge is 0.411 e. The van der Waals surface area contributed by atoms with E-state index < -0.39 is 0 Å². The van der Waals surface area contributed by atoms with Crippen LogP contribution in [0.3, 0.4) is 0 Å². The lowest BCUT2D eigenvalue weighted by molar-refractivity contribution is 0.317. The topological polar surface area (TPSA) is 45.0 Å². The van der Waals surface area contributed by atoms with Crippen LogP contribution in [0.5, 0.6) is 0 Å². The van der Waals surface area contributed by atoms with Crippen LogP contribution < -0.4 is 0 Å². The van der Waals surface area contributed by atoms with E-state index in [1.54, 1.807) is 7.05 Å². The lowest BCUT2D eigenvalue weighted by atomic mass is 10.1. The Labute approximate surface area is 67.8 Å². The second-order valence-electron chi connectivity index (χ2n) is 2.65. The molecule has 0 saturated carbocycles. The number of hydrogen-bond acceptors (Lipinski definition) is 3. The third kappa shape index (κ3) is 5.58. The fourth-order valence-electron chi connectivity index (χ4n) is 0.762. The molecule has 0 aromatic rings. The molecule has 0 aromatic carbocycles. The molecule has 0 bridgehead atoms. The average Bonchev–Trinajstić information content (AvgIpc) is 2.04. The highest BCUT2D eigenvalue weighted by Crippen LogP contribution is 1.98. The van der Waals surface area contributed by atoms with Crippen molar-refractivity contribution in [1.82, 2.24) is 0 Å². The normalized spacial score (nSPS) is 13.7. The third-order valence-corrected chi connectivity index (χ3v) is 1.63. The van der Waals surface area contributed by atoms with Crippen LogP contribution >= 0.6 is 0 Å². The predicted molar refractivity (Wildman–Crippen MR) is 47.8 cm³/mol. The zero-order chi connectivity index (χ0) is 8.69. The van der Waals surface area contributed by atoms with E-state index in [2.05, 4.69) is 10.1 Å². The van der Waals surface area contributed by atoms with E-state index in [0.29, 0.717) is 0 Å². The van der Waals surface area contributed by atoms with Crippen LogP contribution in [-0.4, -0.2) is 23.7 Å². The molecule has 0 rings (SSSR count). The van der Waals surface area contributed by atoms with Crippen LogP contribution in [0.4, 0.5) is 0 Å². The third-order valence-electron chi connectivity index (χ3n) is 1.63. The second-order valence-corrected chi connectivity index (χ2v) is 2.65. The maximum Gasteiger partial charge on any atom is 0.0540 e. The average molecular weight is 156 g/mol. The molecule has 0 saturated heterocycles. The number of hydrogen-bond donors (Lipinski definition) is 1. The van der Waals surface area contributed by atoms with Gasteiger partial charge in [0.25, 0.3) is 0 Å². The highest BCUT2D eigenvalue weighted by Gasteiger charge is 1.93. The summed E-state index contributed by atoms with van der Waals surface area (Å²) in [4.78, 5) is 4.03. The maximum absolute atomic E-state index is 8.31. The minimum atomic E-state index is 0.786. The molecule has 3 nitrogen and oxygen atoms in total. The van der Waals surface area contributed by atoms with Gasteiger partial charge < -0.3 is 5.21 Å². The van der Waals surface area contributed by atoms with E-state index in [1.165, 1.54) is 0 Å². The fraction of sp³-hybridized carbons (Fsp3) is 0.750. The molecular formula is C8H16N2O. The lowest BCUT2D eigenvalue weighted by Gasteiger charge is -1.97. The zero-order valence-corrected chi connectivity index (χ0v) is 7.46. The van der Waals surface area contributed by atoms with Gasteiger partial charge in [-0.1, -0.05) is 5.16 Å². The van der Waals surface area contributed by atoms with Crippen molar-refractivity contribution in [3.05, 3.63) is 0 Å². The Morgan fingerprint density at radius 3 is 2.18 bits per heavy atom. The van der Waals surface area contributed by atoms with Crippen molar-refractivity contribution in [2.24, 2.45) is 10.1 Å². The summed E-state index contributed by atoms with van der Waals surface area (Å²) >= 11 is 0. The van der Waals surface area contributed by atoms with Crippen molar-refractivity contribution < 1.29 is 5.21 Å². The van der Waals surface area contributed by atoms with Crippen LogP contribution in [0.15, 0.2) is 10.1 Å². The highest BCUT2D eigenvalue weighted by atomic mass is 16.4. The van der Waals surface area contributed by atoms with Gasteiger partial charge in [0.15, 0.2) is 0 Å². The molecule has 0 fully saturated rings. The van der Waals surface area contributed by atoms with Gasteiger partial charge in [-0.15, -0.1) is 0 Å². The van der Waals surface area contributed by atoms with E-state index in [4.69, 9.17) is 5.21 Å². The Bertz CT molecular complexity index is 143. The molecule has 3 heteroatoms. The summed E-state index contributed by atoms with van der Waals surface area (Å²) in [6.07, 6.45) is 2.85. The van der Waals surface area contributed by atoms with Crippen molar-refractivity contribution >= 4 is 11.4 Å². The highest BCUT2D eigenvalue weighted by molar-refractivity contribution is 5.84. The summed E-state index contributed by atoms with van der Waals surface area (Å²) in [5.41, 5.74) is 1.93. The lowest BCUT2D eigenvalue weighted by Crippen LogP contribution is -1.95. The molecule has 64 valence electrons. The van der Waals surface area contributed by atoms with Gasteiger partial charge in [0, 0.05) is 12.8 Å². The molecule has 0 atom stereocenters. The van der Waals surface area contributed by atoms with Gasteiger partial charge in [-0.25, -0.2) is 0 Å². The fourth-order valence-corrected chi connectivity index (χ4v) is 0.762. The summed E-state index contributed by atoms with van der Waals surface area (Å²) < 4.78 is 0. The Morgan fingerprint density at radius 1 is 1.18 bits per heavy atom. The van der Waals surface area contributed by atoms with E-state index in [0.717, 1.165) is 30.7 Å². The Morgan fingerprint density at radius 2 is 1.73 bits per heavy atom. The SMILES string of the molecule is CN=C(C)CCC/C(C)=N/O. The summed E-state index contributed by atoms with van der Waals surface area (Å²) in [6, 6.07) is 0. The summed E-state index contributed by atoms with van der Waals surface area (Å²) in [7, 11) is 1.79. The second kappa shape index (κ2) is 5.89. The van der Waals surface area contributed by atoms with E-state index in [9.17, 15) is 0 Å². The minimum absolute atomic E-state index is 0.786. The molecule has 0 aliphatic rings. The molecule has 0 heterocycles. The van der Waals surface area contributed by atoms with E-state index >= 15 is 0 Å². The van der Waals surface area contributed by atoms with Gasteiger partial charge in [-0.05, 0) is 33.1 Å². The number of oxime groups is 1. The molecule has 0 radical (unpaired) electrons. The van der Waals surface area contributed by atoms with Crippen LogP contribution in [-0.2, 0) is 0 Å². The molecular weight excluding hydrogens is 140 g/mol.